The van der Waals surface area contributed by atoms with Crippen LogP contribution in [-0.4, -0.2) is 74.9 Å². The van der Waals surface area contributed by atoms with Crippen LogP contribution in [0.3, 0.4) is 0 Å². The fourth-order valence-corrected chi connectivity index (χ4v) is 13.0. The van der Waals surface area contributed by atoms with Gasteiger partial charge in [0.05, 0.1) is 27.7 Å². The summed E-state index contributed by atoms with van der Waals surface area (Å²) >= 11 is 0. The first-order valence-corrected chi connectivity index (χ1v) is 41.9. The van der Waals surface area contributed by atoms with E-state index >= 15 is 0 Å². The van der Waals surface area contributed by atoms with Crippen LogP contribution in [0.1, 0.15) is 412 Å². The molecule has 0 bridgehead atoms. The van der Waals surface area contributed by atoms with Crippen LogP contribution < -0.4 is 0 Å². The summed E-state index contributed by atoms with van der Waals surface area (Å²) in [4.78, 5) is 36.0. The first-order valence-electron chi connectivity index (χ1n) is 40.4. The van der Waals surface area contributed by atoms with Gasteiger partial charge in [-0.05, 0) is 51.4 Å². The maximum Gasteiger partial charge on any atom is 0.472 e. The van der Waals surface area contributed by atoms with E-state index in [0.717, 1.165) is 57.8 Å². The van der Waals surface area contributed by atoms with Crippen molar-refractivity contribution in [3.05, 3.63) is 48.6 Å². The highest BCUT2D eigenvalue weighted by atomic mass is 31.2. The van der Waals surface area contributed by atoms with Gasteiger partial charge >= 0.3 is 19.8 Å². The summed E-state index contributed by atoms with van der Waals surface area (Å²) < 4.78 is 34.8. The molecule has 9 nitrogen and oxygen atoms in total. The van der Waals surface area contributed by atoms with Crippen LogP contribution in [0.5, 0.6) is 0 Å². The second-order valence-corrected chi connectivity index (χ2v) is 30.2. The molecule has 0 saturated heterocycles. The molecule has 0 saturated carbocycles. The van der Waals surface area contributed by atoms with E-state index in [1.807, 2.05) is 21.1 Å². The van der Waals surface area contributed by atoms with Crippen LogP contribution in [0.15, 0.2) is 48.6 Å². The third-order valence-electron chi connectivity index (χ3n) is 18.4. The maximum absolute atomic E-state index is 12.9. The Kier molecular flexibility index (Phi) is 71.6. The minimum absolute atomic E-state index is 0.0332. The highest BCUT2D eigenvalue weighted by Gasteiger charge is 2.27. The molecule has 2 atom stereocenters. The van der Waals surface area contributed by atoms with Crippen molar-refractivity contribution < 1.29 is 42.1 Å². The molecule has 0 fully saturated rings. The topological polar surface area (TPSA) is 108 Å². The van der Waals surface area contributed by atoms with Crippen molar-refractivity contribution in [1.82, 2.24) is 0 Å². The number of phosphoric acid groups is 1. The van der Waals surface area contributed by atoms with Crippen LogP contribution in [0.25, 0.3) is 0 Å². The number of carbonyl (C=O) groups excluding carboxylic acids is 2. The molecular formula is C82H157NO8P+. The summed E-state index contributed by atoms with van der Waals surface area (Å²) in [5.74, 6) is -0.777. The fourth-order valence-electron chi connectivity index (χ4n) is 12.3. The first kappa shape index (κ1) is 90.0. The number of nitrogens with zero attached hydrogens (tertiary/aromatic N) is 1. The number of hydrogen-bond acceptors (Lipinski definition) is 7. The Morgan fingerprint density at radius 1 is 0.348 bits per heavy atom. The zero-order valence-electron chi connectivity index (χ0n) is 62.1. The molecule has 0 radical (unpaired) electrons. The Labute approximate surface area is 573 Å². The van der Waals surface area contributed by atoms with Crippen molar-refractivity contribution in [2.24, 2.45) is 0 Å². The number of carbonyl (C=O) groups is 2. The lowest BCUT2D eigenvalue weighted by molar-refractivity contribution is -0.870. The van der Waals surface area contributed by atoms with Gasteiger partial charge in [0, 0.05) is 12.8 Å². The van der Waals surface area contributed by atoms with Crippen molar-refractivity contribution in [3.63, 3.8) is 0 Å². The average molecular weight is 1320 g/mol. The first-order chi connectivity index (χ1) is 45.0. The van der Waals surface area contributed by atoms with E-state index in [1.165, 1.54) is 321 Å². The molecular weight excluding hydrogens is 1160 g/mol. The number of allylic oxidation sites excluding steroid dienone is 8. The molecule has 542 valence electrons. The fraction of sp³-hybridized carbons (Fsp3) is 0.878. The average Bonchev–Trinajstić information content (AvgIpc) is 2.14. The van der Waals surface area contributed by atoms with Gasteiger partial charge in [-0.3, -0.25) is 18.6 Å². The molecule has 1 N–H and O–H groups in total. The van der Waals surface area contributed by atoms with E-state index in [9.17, 15) is 19.0 Å². The van der Waals surface area contributed by atoms with Crippen molar-refractivity contribution >= 4 is 19.8 Å². The quantitative estimate of drug-likeness (QED) is 0.0211. The van der Waals surface area contributed by atoms with E-state index < -0.39 is 26.5 Å². The van der Waals surface area contributed by atoms with Gasteiger partial charge in [0.1, 0.15) is 19.8 Å². The van der Waals surface area contributed by atoms with Crippen molar-refractivity contribution in [1.29, 1.82) is 0 Å². The lowest BCUT2D eigenvalue weighted by Crippen LogP contribution is -2.37. The van der Waals surface area contributed by atoms with E-state index in [0.29, 0.717) is 23.9 Å². The number of likely N-dealkylation sites (N-methyl/N-ethyl adjacent to an activating group) is 1. The zero-order chi connectivity index (χ0) is 66.9. The molecule has 0 aliphatic carbocycles. The van der Waals surface area contributed by atoms with Crippen LogP contribution in [0, 0.1) is 0 Å². The largest absolute Gasteiger partial charge is 0.472 e. The van der Waals surface area contributed by atoms with E-state index in [4.69, 9.17) is 18.5 Å². The van der Waals surface area contributed by atoms with Crippen LogP contribution in [0.4, 0.5) is 0 Å². The summed E-state index contributed by atoms with van der Waals surface area (Å²) in [6.07, 6.45) is 97.1. The lowest BCUT2D eigenvalue weighted by atomic mass is 10.0. The van der Waals surface area contributed by atoms with Crippen LogP contribution in [-0.2, 0) is 32.7 Å². The van der Waals surface area contributed by atoms with Crippen molar-refractivity contribution in [2.45, 2.75) is 418 Å². The number of rotatable bonds is 76. The molecule has 0 aliphatic heterocycles. The van der Waals surface area contributed by atoms with Crippen LogP contribution >= 0.6 is 7.82 Å². The van der Waals surface area contributed by atoms with Gasteiger partial charge in [-0.15, -0.1) is 0 Å². The molecule has 0 spiro atoms. The molecule has 0 aliphatic rings. The van der Waals surface area contributed by atoms with Crippen molar-refractivity contribution in [3.8, 4) is 0 Å². The Morgan fingerprint density at radius 3 is 0.924 bits per heavy atom. The van der Waals surface area contributed by atoms with Gasteiger partial charge < -0.3 is 18.9 Å². The van der Waals surface area contributed by atoms with E-state index in [2.05, 4.69) is 62.5 Å². The minimum Gasteiger partial charge on any atom is -0.462 e. The summed E-state index contributed by atoms with van der Waals surface area (Å²) in [5.41, 5.74) is 0. The lowest BCUT2D eigenvalue weighted by Gasteiger charge is -2.24. The third-order valence-corrected chi connectivity index (χ3v) is 19.4. The molecule has 0 rings (SSSR count). The third kappa shape index (κ3) is 77.0. The Bertz CT molecular complexity index is 1690. The molecule has 0 aromatic heterocycles. The highest BCUT2D eigenvalue weighted by molar-refractivity contribution is 7.47. The Morgan fingerprint density at radius 2 is 0.620 bits per heavy atom. The number of ether oxygens (including phenoxy) is 2. The second-order valence-electron chi connectivity index (χ2n) is 28.8. The number of quaternary nitrogens is 1. The monoisotopic (exact) mass is 1320 g/mol. The SMILES string of the molecule is CC/C=C\C/C=C\C/C=C\C/C=C\CCCCCCCCCCCCCCCCC(=O)OC(COC(=O)CCCCCCCCCCCCCCCCCCCCCCCCCCCCCCCCCCCCCCCCCCC)COP(=O)(O)OCC[N+](C)(C)C. The van der Waals surface area contributed by atoms with E-state index in [1.54, 1.807) is 0 Å². The number of unbranched alkanes of at least 4 members (excludes halogenated alkanes) is 54. The van der Waals surface area contributed by atoms with Gasteiger partial charge in [0.25, 0.3) is 0 Å². The molecule has 2 unspecified atom stereocenters. The highest BCUT2D eigenvalue weighted by Crippen LogP contribution is 2.43. The summed E-state index contributed by atoms with van der Waals surface area (Å²) in [6.45, 7) is 4.39. The summed E-state index contributed by atoms with van der Waals surface area (Å²) in [6, 6.07) is 0. The number of hydrogen-bond donors (Lipinski definition) is 1. The Balaban J connectivity index is 3.86. The summed E-state index contributed by atoms with van der Waals surface area (Å²) in [7, 11) is 1.50. The van der Waals surface area contributed by atoms with Gasteiger partial charge in [-0.2, -0.15) is 0 Å². The molecule has 0 amide bonds. The van der Waals surface area contributed by atoms with Gasteiger partial charge in [0.2, 0.25) is 0 Å². The maximum atomic E-state index is 12.9. The van der Waals surface area contributed by atoms with Crippen LogP contribution in [0.2, 0.25) is 0 Å². The van der Waals surface area contributed by atoms with E-state index in [-0.39, 0.29) is 25.6 Å². The number of esters is 2. The van der Waals surface area contributed by atoms with Gasteiger partial charge in [0.15, 0.2) is 6.10 Å². The minimum atomic E-state index is -4.39. The molecule has 0 heterocycles. The number of phosphoric ester groups is 1. The predicted octanol–water partition coefficient (Wildman–Crippen LogP) is 26.7. The smallest absolute Gasteiger partial charge is 0.462 e. The molecule has 10 heteroatoms. The Hall–Kier alpha value is -2.03. The standard InChI is InChI=1S/C82H156NO8P/c1-6-8-10-12-14-16-18-20-22-24-26-28-30-32-34-35-36-37-38-39-40-41-42-43-44-45-46-47-49-50-52-54-56-58-60-62-64-66-68-70-72-74-81(84)88-78-80(79-90-92(86,87)89-77-76-83(3,4)5)91-82(85)75-73-71-69-67-65-63-61-59-57-55-53-51-48-33-31-29-27-25-23-21-19-17-15-13-11-9-7-2/h9,11,15,17,21,23,27,29,80H,6-8,10,12-14,16,18-20,22,24-26,28,30-79H2,1-5H3/p+1/b11-9-,17-15-,23-21-,29-27-. The van der Waals surface area contributed by atoms with Gasteiger partial charge in [-0.25, -0.2) is 4.57 Å². The molecule has 0 aromatic rings. The second kappa shape index (κ2) is 73.2. The van der Waals surface area contributed by atoms with Crippen molar-refractivity contribution in [2.75, 3.05) is 47.5 Å². The zero-order valence-corrected chi connectivity index (χ0v) is 63.0. The summed E-state index contributed by atoms with van der Waals surface area (Å²) in [5, 5.41) is 0. The molecule has 92 heavy (non-hydrogen) atoms. The normalized spacial score (nSPS) is 13.2. The predicted molar refractivity (Wildman–Crippen MR) is 400 cm³/mol. The molecule has 0 aromatic carbocycles. The van der Waals surface area contributed by atoms with Gasteiger partial charge in [-0.1, -0.05) is 396 Å².